The van der Waals surface area contributed by atoms with E-state index in [1.54, 1.807) is 0 Å². The zero-order chi connectivity index (χ0) is 12.4. The van der Waals surface area contributed by atoms with Crippen LogP contribution in [0, 0.1) is 5.92 Å². The molecule has 0 rings (SSSR count). The van der Waals surface area contributed by atoms with E-state index in [9.17, 15) is 8.42 Å². The van der Waals surface area contributed by atoms with E-state index < -0.39 is 10.0 Å². The van der Waals surface area contributed by atoms with Crippen molar-refractivity contribution >= 4 is 21.6 Å². The van der Waals surface area contributed by atoms with Gasteiger partial charge in [0.1, 0.15) is 0 Å². The average Bonchev–Trinajstić information content (AvgIpc) is 2.22. The summed E-state index contributed by atoms with van der Waals surface area (Å²) in [6.07, 6.45) is 3.48. The van der Waals surface area contributed by atoms with Crippen LogP contribution in [0.2, 0.25) is 0 Å². The molecule has 0 saturated carbocycles. The van der Waals surface area contributed by atoms with Gasteiger partial charge in [-0.3, -0.25) is 0 Å². The van der Waals surface area contributed by atoms with Crippen molar-refractivity contribution in [3.63, 3.8) is 0 Å². The van der Waals surface area contributed by atoms with Gasteiger partial charge in [0.25, 0.3) is 0 Å². The normalized spacial score (nSPS) is 13.9. The van der Waals surface area contributed by atoms with Crippen LogP contribution in [0.15, 0.2) is 0 Å². The van der Waals surface area contributed by atoms with Crippen LogP contribution >= 0.6 is 11.6 Å². The molecule has 0 aromatic rings. The molecule has 0 fully saturated rings. The van der Waals surface area contributed by atoms with Crippen LogP contribution in [-0.2, 0) is 10.0 Å². The summed E-state index contributed by atoms with van der Waals surface area (Å²) in [6.45, 7) is 2.50. The number of sulfonamides is 1. The minimum absolute atomic E-state index is 0.0199. The molecule has 1 atom stereocenters. The molecule has 0 saturated heterocycles. The molecule has 0 aromatic carbocycles. The number of nitrogens with one attached hydrogen (secondary N) is 1. The standard InChI is InChI=1S/C10H22ClNO3S/c1-10(8-11)9-16(14,15)12-6-4-2-3-5-7-13/h10,12-13H,2-9H2,1H3. The minimum atomic E-state index is -3.17. The van der Waals surface area contributed by atoms with Crippen molar-refractivity contribution in [1.29, 1.82) is 0 Å². The summed E-state index contributed by atoms with van der Waals surface area (Å²) in [5, 5.41) is 8.55. The van der Waals surface area contributed by atoms with E-state index in [-0.39, 0.29) is 18.3 Å². The van der Waals surface area contributed by atoms with E-state index in [2.05, 4.69) is 4.72 Å². The molecule has 0 radical (unpaired) electrons. The van der Waals surface area contributed by atoms with Crippen molar-refractivity contribution in [2.45, 2.75) is 32.6 Å². The number of halogens is 1. The van der Waals surface area contributed by atoms with E-state index in [0.29, 0.717) is 12.4 Å². The van der Waals surface area contributed by atoms with Gasteiger partial charge in [0.15, 0.2) is 0 Å². The Bertz CT molecular complexity index is 257. The summed E-state index contributed by atoms with van der Waals surface area (Å²) in [5.41, 5.74) is 0. The van der Waals surface area contributed by atoms with Gasteiger partial charge in [-0.15, -0.1) is 11.6 Å². The zero-order valence-corrected chi connectivity index (χ0v) is 11.4. The molecule has 0 aliphatic rings. The van der Waals surface area contributed by atoms with E-state index in [4.69, 9.17) is 16.7 Å². The summed E-state index contributed by atoms with van der Waals surface area (Å²) >= 11 is 5.56. The maximum absolute atomic E-state index is 11.5. The molecule has 0 spiro atoms. The summed E-state index contributed by atoms with van der Waals surface area (Å²) in [4.78, 5) is 0. The number of alkyl halides is 1. The first-order chi connectivity index (χ1) is 7.52. The molecule has 0 bridgehead atoms. The molecular weight excluding hydrogens is 250 g/mol. The molecule has 0 aliphatic carbocycles. The molecule has 0 aromatic heterocycles. The van der Waals surface area contributed by atoms with Gasteiger partial charge in [0, 0.05) is 19.0 Å². The Balaban J connectivity index is 3.59. The first kappa shape index (κ1) is 16.2. The first-order valence-electron chi connectivity index (χ1n) is 5.66. The minimum Gasteiger partial charge on any atom is -0.396 e. The molecule has 98 valence electrons. The Morgan fingerprint density at radius 3 is 2.44 bits per heavy atom. The molecule has 4 nitrogen and oxygen atoms in total. The smallest absolute Gasteiger partial charge is 0.211 e. The van der Waals surface area contributed by atoms with Crippen LogP contribution in [0.4, 0.5) is 0 Å². The lowest BCUT2D eigenvalue weighted by atomic mass is 10.2. The Kier molecular flexibility index (Phi) is 9.31. The number of hydrogen-bond acceptors (Lipinski definition) is 3. The van der Waals surface area contributed by atoms with Crippen LogP contribution in [0.3, 0.4) is 0 Å². The van der Waals surface area contributed by atoms with Gasteiger partial charge >= 0.3 is 0 Å². The summed E-state index contributed by atoms with van der Waals surface area (Å²) in [5.74, 6) is 0.429. The fourth-order valence-corrected chi connectivity index (χ4v) is 2.97. The predicted molar refractivity (Wildman–Crippen MR) is 67.2 cm³/mol. The van der Waals surface area contributed by atoms with Gasteiger partial charge in [-0.05, 0) is 18.8 Å². The van der Waals surface area contributed by atoms with Crippen molar-refractivity contribution in [2.24, 2.45) is 5.92 Å². The summed E-state index contributed by atoms with van der Waals surface area (Å²) in [6, 6.07) is 0. The maximum Gasteiger partial charge on any atom is 0.211 e. The molecule has 0 aliphatic heterocycles. The summed E-state index contributed by atoms with van der Waals surface area (Å²) < 4.78 is 25.5. The fourth-order valence-electron chi connectivity index (χ4n) is 1.30. The van der Waals surface area contributed by atoms with Gasteiger partial charge in [-0.2, -0.15) is 0 Å². The maximum atomic E-state index is 11.5. The summed E-state index contributed by atoms with van der Waals surface area (Å²) in [7, 11) is -3.17. The first-order valence-corrected chi connectivity index (χ1v) is 7.84. The Morgan fingerprint density at radius 1 is 1.25 bits per heavy atom. The van der Waals surface area contributed by atoms with Gasteiger partial charge in [-0.1, -0.05) is 19.8 Å². The Labute approximate surface area is 103 Å². The number of unbranched alkanes of at least 4 members (excludes halogenated alkanes) is 3. The van der Waals surface area contributed by atoms with Crippen molar-refractivity contribution < 1.29 is 13.5 Å². The van der Waals surface area contributed by atoms with Crippen LogP contribution in [0.25, 0.3) is 0 Å². The monoisotopic (exact) mass is 271 g/mol. The van der Waals surface area contributed by atoms with E-state index in [1.165, 1.54) is 0 Å². The highest BCUT2D eigenvalue weighted by molar-refractivity contribution is 7.89. The van der Waals surface area contributed by atoms with Crippen LogP contribution < -0.4 is 4.72 Å². The highest BCUT2D eigenvalue weighted by atomic mass is 35.5. The molecule has 2 N–H and O–H groups in total. The molecular formula is C10H22ClNO3S. The topological polar surface area (TPSA) is 66.4 Å². The van der Waals surface area contributed by atoms with Gasteiger partial charge in [0.05, 0.1) is 5.75 Å². The lowest BCUT2D eigenvalue weighted by Gasteiger charge is -2.09. The van der Waals surface area contributed by atoms with E-state index >= 15 is 0 Å². The van der Waals surface area contributed by atoms with Crippen molar-refractivity contribution in [1.82, 2.24) is 4.72 Å². The largest absolute Gasteiger partial charge is 0.396 e. The van der Waals surface area contributed by atoms with Crippen LogP contribution in [0.5, 0.6) is 0 Å². The molecule has 1 unspecified atom stereocenters. The highest BCUT2D eigenvalue weighted by Crippen LogP contribution is 2.03. The Morgan fingerprint density at radius 2 is 1.88 bits per heavy atom. The van der Waals surface area contributed by atoms with Crippen LogP contribution in [0.1, 0.15) is 32.6 Å². The Hall–Kier alpha value is 0.160. The second kappa shape index (κ2) is 9.22. The third-order valence-corrected chi connectivity index (χ3v) is 4.35. The quantitative estimate of drug-likeness (QED) is 0.465. The predicted octanol–water partition coefficient (Wildman–Crippen LogP) is 1.33. The second-order valence-electron chi connectivity index (χ2n) is 4.07. The van der Waals surface area contributed by atoms with Crippen molar-refractivity contribution in [3.8, 4) is 0 Å². The number of hydrogen-bond donors (Lipinski definition) is 2. The molecule has 0 heterocycles. The molecule has 16 heavy (non-hydrogen) atoms. The lowest BCUT2D eigenvalue weighted by Crippen LogP contribution is -2.30. The molecule has 0 amide bonds. The van der Waals surface area contributed by atoms with E-state index in [1.807, 2.05) is 6.92 Å². The number of aliphatic hydroxyl groups is 1. The third-order valence-electron chi connectivity index (χ3n) is 2.17. The van der Waals surface area contributed by atoms with E-state index in [0.717, 1.165) is 25.7 Å². The SMILES string of the molecule is CC(CCl)CS(=O)(=O)NCCCCCCO. The fraction of sp³-hybridized carbons (Fsp3) is 1.00. The number of aliphatic hydroxyl groups excluding tert-OH is 1. The molecule has 6 heteroatoms. The van der Waals surface area contributed by atoms with Gasteiger partial charge in [-0.25, -0.2) is 13.1 Å². The zero-order valence-electron chi connectivity index (χ0n) is 9.78. The average molecular weight is 272 g/mol. The number of rotatable bonds is 10. The lowest BCUT2D eigenvalue weighted by molar-refractivity contribution is 0.282. The van der Waals surface area contributed by atoms with Gasteiger partial charge in [0.2, 0.25) is 10.0 Å². The van der Waals surface area contributed by atoms with Gasteiger partial charge < -0.3 is 5.11 Å². The van der Waals surface area contributed by atoms with Crippen molar-refractivity contribution in [3.05, 3.63) is 0 Å². The van der Waals surface area contributed by atoms with Crippen molar-refractivity contribution in [2.75, 3.05) is 24.8 Å². The highest BCUT2D eigenvalue weighted by Gasteiger charge is 2.13. The third kappa shape index (κ3) is 9.39. The van der Waals surface area contributed by atoms with Crippen LogP contribution in [-0.4, -0.2) is 38.3 Å². The second-order valence-corrected chi connectivity index (χ2v) is 6.23.